The third-order valence-electron chi connectivity index (χ3n) is 1.72. The minimum absolute atomic E-state index is 0.779. The van der Waals surface area contributed by atoms with Crippen LogP contribution in [0, 0.1) is 6.92 Å². The molecule has 2 nitrogen and oxygen atoms in total. The van der Waals surface area contributed by atoms with Crippen molar-refractivity contribution in [3.63, 3.8) is 0 Å². The van der Waals surface area contributed by atoms with Gasteiger partial charge in [0.05, 0.1) is 4.88 Å². The summed E-state index contributed by atoms with van der Waals surface area (Å²) in [6.45, 7) is 3.66. The molecule has 0 N–H and O–H groups in total. The molecular formula is C11H9N2S. The standard InChI is InChI=1S/C11H9N2S/c1-2-4-9-7-10(14-8-9)11-12-5-3-6-13-11/h2-8H,1H2/b4-2+. The fourth-order valence-electron chi connectivity index (χ4n) is 1.12. The Morgan fingerprint density at radius 2 is 2.07 bits per heavy atom. The van der Waals surface area contributed by atoms with Gasteiger partial charge in [0.1, 0.15) is 0 Å². The summed E-state index contributed by atoms with van der Waals surface area (Å²) in [7, 11) is 0. The predicted molar refractivity (Wildman–Crippen MR) is 59.7 cm³/mol. The van der Waals surface area contributed by atoms with Crippen molar-refractivity contribution in [2.24, 2.45) is 0 Å². The molecule has 0 aliphatic heterocycles. The summed E-state index contributed by atoms with van der Waals surface area (Å²) in [4.78, 5) is 9.45. The Morgan fingerprint density at radius 3 is 2.79 bits per heavy atom. The van der Waals surface area contributed by atoms with Gasteiger partial charge in [-0.25, -0.2) is 9.97 Å². The summed E-state index contributed by atoms with van der Waals surface area (Å²) < 4.78 is 0. The summed E-state index contributed by atoms with van der Waals surface area (Å²) in [5, 5.41) is 2.06. The maximum absolute atomic E-state index is 4.18. The van der Waals surface area contributed by atoms with Gasteiger partial charge >= 0.3 is 0 Å². The van der Waals surface area contributed by atoms with Crippen LogP contribution >= 0.6 is 11.3 Å². The average molecular weight is 201 g/mol. The highest BCUT2D eigenvalue weighted by molar-refractivity contribution is 7.13. The molecule has 14 heavy (non-hydrogen) atoms. The highest BCUT2D eigenvalue weighted by atomic mass is 32.1. The highest BCUT2D eigenvalue weighted by Gasteiger charge is 2.02. The first-order valence-electron chi connectivity index (χ1n) is 4.22. The largest absolute Gasteiger partial charge is 0.236 e. The Bertz CT molecular complexity index is 432. The number of aromatic nitrogens is 2. The van der Waals surface area contributed by atoms with Crippen LogP contribution in [0.15, 0.2) is 36.0 Å². The van der Waals surface area contributed by atoms with Crippen LogP contribution in [-0.4, -0.2) is 9.97 Å². The summed E-state index contributed by atoms with van der Waals surface area (Å²) in [6, 6.07) is 3.87. The van der Waals surface area contributed by atoms with Crippen LogP contribution in [0.5, 0.6) is 0 Å². The van der Waals surface area contributed by atoms with Crippen molar-refractivity contribution in [2.45, 2.75) is 0 Å². The number of hydrogen-bond donors (Lipinski definition) is 0. The molecule has 0 fully saturated rings. The van der Waals surface area contributed by atoms with Crippen molar-refractivity contribution in [1.82, 2.24) is 9.97 Å². The van der Waals surface area contributed by atoms with Crippen LogP contribution in [0.4, 0.5) is 0 Å². The van der Waals surface area contributed by atoms with Gasteiger partial charge in [-0.3, -0.25) is 0 Å². The second-order valence-electron chi connectivity index (χ2n) is 2.72. The van der Waals surface area contributed by atoms with Gasteiger partial charge in [0, 0.05) is 12.4 Å². The van der Waals surface area contributed by atoms with Gasteiger partial charge in [-0.2, -0.15) is 0 Å². The number of allylic oxidation sites excluding steroid dienone is 1. The molecule has 0 aliphatic rings. The fraction of sp³-hybridized carbons (Fsp3) is 0. The van der Waals surface area contributed by atoms with Gasteiger partial charge in [0.2, 0.25) is 0 Å². The van der Waals surface area contributed by atoms with E-state index in [1.54, 1.807) is 29.8 Å². The van der Waals surface area contributed by atoms with Crippen LogP contribution in [0.25, 0.3) is 16.8 Å². The first-order chi connectivity index (χ1) is 6.90. The Hall–Kier alpha value is -1.48. The lowest BCUT2D eigenvalue weighted by Crippen LogP contribution is -1.82. The Balaban J connectivity index is 2.34. The number of rotatable bonds is 2. The molecule has 0 saturated carbocycles. The summed E-state index contributed by atoms with van der Waals surface area (Å²) in [6.07, 6.45) is 7.23. The first kappa shape index (κ1) is 9.09. The van der Waals surface area contributed by atoms with Crippen molar-refractivity contribution >= 4 is 17.4 Å². The van der Waals surface area contributed by atoms with Crippen LogP contribution in [0.3, 0.4) is 0 Å². The second kappa shape index (κ2) is 4.15. The summed E-state index contributed by atoms with van der Waals surface area (Å²) >= 11 is 1.64. The number of thiophene rings is 1. The number of hydrogen-bond acceptors (Lipinski definition) is 3. The van der Waals surface area contributed by atoms with Gasteiger partial charge in [-0.15, -0.1) is 11.3 Å². The van der Waals surface area contributed by atoms with Crippen LogP contribution in [0.2, 0.25) is 0 Å². The van der Waals surface area contributed by atoms with E-state index in [0.717, 1.165) is 16.3 Å². The summed E-state index contributed by atoms with van der Waals surface area (Å²) in [5.74, 6) is 0.779. The monoisotopic (exact) mass is 201 g/mol. The van der Waals surface area contributed by atoms with Crippen molar-refractivity contribution in [1.29, 1.82) is 0 Å². The number of nitrogens with zero attached hydrogens (tertiary/aromatic N) is 2. The molecule has 0 amide bonds. The van der Waals surface area contributed by atoms with E-state index in [4.69, 9.17) is 0 Å². The molecule has 0 spiro atoms. The quantitative estimate of drug-likeness (QED) is 0.746. The van der Waals surface area contributed by atoms with Crippen molar-refractivity contribution in [3.05, 3.63) is 48.5 Å². The highest BCUT2D eigenvalue weighted by Crippen LogP contribution is 2.24. The molecule has 2 rings (SSSR count). The molecule has 69 valence electrons. The molecule has 0 aromatic carbocycles. The molecule has 1 radical (unpaired) electrons. The van der Waals surface area contributed by atoms with Crippen LogP contribution in [-0.2, 0) is 0 Å². The van der Waals surface area contributed by atoms with Gasteiger partial charge < -0.3 is 0 Å². The maximum Gasteiger partial charge on any atom is 0.169 e. The van der Waals surface area contributed by atoms with E-state index in [9.17, 15) is 0 Å². The van der Waals surface area contributed by atoms with E-state index in [0.29, 0.717) is 0 Å². The van der Waals surface area contributed by atoms with E-state index >= 15 is 0 Å². The molecule has 0 atom stereocenters. The molecule has 0 aliphatic carbocycles. The lowest BCUT2D eigenvalue weighted by molar-refractivity contribution is 1.19. The molecule has 2 aromatic heterocycles. The molecule has 0 saturated heterocycles. The van der Waals surface area contributed by atoms with Crippen molar-refractivity contribution in [3.8, 4) is 10.7 Å². The SMILES string of the molecule is [CH2]/C=C/c1csc(-c2ncccn2)c1. The molecule has 3 heteroatoms. The molecule has 0 bridgehead atoms. The average Bonchev–Trinajstić information content (AvgIpc) is 2.68. The van der Waals surface area contributed by atoms with Gasteiger partial charge in [0.15, 0.2) is 5.82 Å². The fourth-order valence-corrected chi connectivity index (χ4v) is 1.94. The molecule has 2 heterocycles. The zero-order chi connectivity index (χ0) is 9.80. The minimum Gasteiger partial charge on any atom is -0.236 e. The van der Waals surface area contributed by atoms with Gasteiger partial charge in [-0.05, 0) is 30.0 Å². The second-order valence-corrected chi connectivity index (χ2v) is 3.63. The molecule has 2 aromatic rings. The normalized spacial score (nSPS) is 10.9. The lowest BCUT2D eigenvalue weighted by Gasteiger charge is -1.91. The zero-order valence-electron chi connectivity index (χ0n) is 7.55. The van der Waals surface area contributed by atoms with Gasteiger partial charge in [-0.1, -0.05) is 12.2 Å². The summed E-state index contributed by atoms with van der Waals surface area (Å²) in [5.41, 5.74) is 1.15. The van der Waals surface area contributed by atoms with Crippen molar-refractivity contribution < 1.29 is 0 Å². The Kier molecular flexibility index (Phi) is 2.70. The maximum atomic E-state index is 4.18. The van der Waals surface area contributed by atoms with Gasteiger partial charge in [0.25, 0.3) is 0 Å². The Labute approximate surface area is 87.0 Å². The van der Waals surface area contributed by atoms with Crippen LogP contribution < -0.4 is 0 Å². The third-order valence-corrected chi connectivity index (χ3v) is 2.66. The third kappa shape index (κ3) is 1.88. The predicted octanol–water partition coefficient (Wildman–Crippen LogP) is 3.05. The topological polar surface area (TPSA) is 25.8 Å². The van der Waals surface area contributed by atoms with Crippen molar-refractivity contribution in [2.75, 3.05) is 0 Å². The smallest absolute Gasteiger partial charge is 0.169 e. The van der Waals surface area contributed by atoms with Crippen LogP contribution in [0.1, 0.15) is 5.56 Å². The zero-order valence-corrected chi connectivity index (χ0v) is 8.37. The van der Waals surface area contributed by atoms with E-state index in [1.807, 2.05) is 12.1 Å². The Morgan fingerprint density at radius 1 is 1.29 bits per heavy atom. The van der Waals surface area contributed by atoms with E-state index < -0.39 is 0 Å². The van der Waals surface area contributed by atoms with E-state index in [1.165, 1.54) is 0 Å². The minimum atomic E-state index is 0.779. The molecular weight excluding hydrogens is 192 g/mol. The lowest BCUT2D eigenvalue weighted by atomic mass is 10.3. The first-order valence-corrected chi connectivity index (χ1v) is 5.10. The van der Waals surface area contributed by atoms with E-state index in [2.05, 4.69) is 28.3 Å². The molecule has 0 unspecified atom stereocenters. The van der Waals surface area contributed by atoms with E-state index in [-0.39, 0.29) is 0 Å².